The average molecular weight is 320 g/mol. The van der Waals surface area contributed by atoms with Crippen LogP contribution in [0.5, 0.6) is 0 Å². The van der Waals surface area contributed by atoms with Crippen LogP contribution in [0.15, 0.2) is 24.3 Å². The molecule has 128 valence electrons. The normalized spacial score (nSPS) is 20.6. The summed E-state index contributed by atoms with van der Waals surface area (Å²) in [5.41, 5.74) is 7.63. The smallest absolute Gasteiger partial charge is 0.227 e. The van der Waals surface area contributed by atoms with E-state index in [1.165, 1.54) is 0 Å². The quantitative estimate of drug-likeness (QED) is 0.686. The number of ether oxygens (including phenoxy) is 2. The zero-order valence-corrected chi connectivity index (χ0v) is 13.9. The Labute approximate surface area is 138 Å². The number of benzene rings is 1. The van der Waals surface area contributed by atoms with Gasteiger partial charge in [-0.05, 0) is 49.9 Å². The van der Waals surface area contributed by atoms with Gasteiger partial charge in [0.15, 0.2) is 0 Å². The molecule has 5 nitrogen and oxygen atoms in total. The largest absolute Gasteiger partial charge is 0.379 e. The lowest BCUT2D eigenvalue weighted by molar-refractivity contribution is -0.120. The Morgan fingerprint density at radius 3 is 2.91 bits per heavy atom. The predicted molar refractivity (Wildman–Crippen MR) is 91.1 cm³/mol. The van der Waals surface area contributed by atoms with Gasteiger partial charge in [0.25, 0.3) is 0 Å². The highest BCUT2D eigenvalue weighted by Crippen LogP contribution is 2.31. The Hall–Kier alpha value is -1.43. The highest BCUT2D eigenvalue weighted by molar-refractivity contribution is 5.93. The van der Waals surface area contributed by atoms with E-state index in [2.05, 4.69) is 5.32 Å². The van der Waals surface area contributed by atoms with Crippen molar-refractivity contribution in [1.29, 1.82) is 0 Å². The van der Waals surface area contributed by atoms with E-state index < -0.39 is 0 Å². The molecule has 0 spiro atoms. The van der Waals surface area contributed by atoms with Crippen molar-refractivity contribution in [2.75, 3.05) is 31.7 Å². The molecule has 0 bridgehead atoms. The SMILES string of the molecule is CCOCCOCc1cccc(NC(=O)[C@@H]2CCC[C@@H]2CN)c1. The minimum Gasteiger partial charge on any atom is -0.379 e. The van der Waals surface area contributed by atoms with Crippen LogP contribution in [0.1, 0.15) is 31.7 Å². The second-order valence-corrected chi connectivity index (χ2v) is 5.97. The lowest BCUT2D eigenvalue weighted by atomic mass is 9.95. The van der Waals surface area contributed by atoms with Gasteiger partial charge in [0.2, 0.25) is 5.91 Å². The van der Waals surface area contributed by atoms with Crippen LogP contribution in [-0.4, -0.2) is 32.3 Å². The lowest BCUT2D eigenvalue weighted by Gasteiger charge is -2.17. The molecule has 2 atom stereocenters. The van der Waals surface area contributed by atoms with Gasteiger partial charge in [-0.15, -0.1) is 0 Å². The molecule has 0 aromatic heterocycles. The first-order valence-electron chi connectivity index (χ1n) is 8.50. The first-order chi connectivity index (χ1) is 11.2. The fraction of sp³-hybridized carbons (Fsp3) is 0.611. The van der Waals surface area contributed by atoms with E-state index in [4.69, 9.17) is 15.2 Å². The summed E-state index contributed by atoms with van der Waals surface area (Å²) in [7, 11) is 0. The van der Waals surface area contributed by atoms with Gasteiger partial charge in [-0.3, -0.25) is 4.79 Å². The summed E-state index contributed by atoms with van der Waals surface area (Å²) in [5, 5.41) is 3.02. The minimum atomic E-state index is 0.0473. The predicted octanol–water partition coefficient (Wildman–Crippen LogP) is 2.55. The molecule has 1 aliphatic carbocycles. The summed E-state index contributed by atoms with van der Waals surface area (Å²) >= 11 is 0. The molecule has 0 aliphatic heterocycles. The molecule has 0 radical (unpaired) electrons. The van der Waals surface area contributed by atoms with E-state index in [9.17, 15) is 4.79 Å². The van der Waals surface area contributed by atoms with E-state index >= 15 is 0 Å². The minimum absolute atomic E-state index is 0.0473. The number of anilines is 1. The Morgan fingerprint density at radius 1 is 1.30 bits per heavy atom. The third-order valence-corrected chi connectivity index (χ3v) is 4.34. The summed E-state index contributed by atoms with van der Waals surface area (Å²) in [4.78, 5) is 12.4. The van der Waals surface area contributed by atoms with Crippen molar-refractivity contribution >= 4 is 11.6 Å². The molecule has 0 unspecified atom stereocenters. The summed E-state index contributed by atoms with van der Waals surface area (Å²) in [6, 6.07) is 7.81. The second-order valence-electron chi connectivity index (χ2n) is 5.97. The van der Waals surface area contributed by atoms with Crippen LogP contribution in [-0.2, 0) is 20.9 Å². The van der Waals surface area contributed by atoms with Crippen LogP contribution in [0.25, 0.3) is 0 Å². The monoisotopic (exact) mass is 320 g/mol. The standard InChI is InChI=1S/C18H28N2O3/c1-2-22-9-10-23-13-14-5-3-7-16(11-14)20-18(21)17-8-4-6-15(17)12-19/h3,5,7,11,15,17H,2,4,6,8-10,12-13,19H2,1H3,(H,20,21)/t15-,17-/m1/s1. The van der Waals surface area contributed by atoms with Gasteiger partial charge in [-0.2, -0.15) is 0 Å². The Kier molecular flexibility index (Phi) is 7.52. The summed E-state index contributed by atoms with van der Waals surface area (Å²) in [5.74, 6) is 0.457. The Balaban J connectivity index is 1.83. The summed E-state index contributed by atoms with van der Waals surface area (Å²) < 4.78 is 10.8. The van der Waals surface area contributed by atoms with Crippen molar-refractivity contribution in [2.24, 2.45) is 17.6 Å². The molecule has 3 N–H and O–H groups in total. The van der Waals surface area contributed by atoms with Crippen molar-refractivity contribution in [3.63, 3.8) is 0 Å². The zero-order valence-electron chi connectivity index (χ0n) is 13.9. The molecule has 2 rings (SSSR count). The highest BCUT2D eigenvalue weighted by atomic mass is 16.5. The van der Waals surface area contributed by atoms with Gasteiger partial charge in [-0.1, -0.05) is 18.6 Å². The molecule has 23 heavy (non-hydrogen) atoms. The number of carbonyl (C=O) groups excluding carboxylic acids is 1. The zero-order chi connectivity index (χ0) is 16.5. The maximum Gasteiger partial charge on any atom is 0.227 e. The molecule has 0 saturated heterocycles. The van der Waals surface area contributed by atoms with Crippen molar-refractivity contribution < 1.29 is 14.3 Å². The highest BCUT2D eigenvalue weighted by Gasteiger charge is 2.31. The van der Waals surface area contributed by atoms with Crippen LogP contribution in [0.2, 0.25) is 0 Å². The van der Waals surface area contributed by atoms with Crippen molar-refractivity contribution in [3.05, 3.63) is 29.8 Å². The fourth-order valence-electron chi connectivity index (χ4n) is 3.09. The number of amides is 1. The molecule has 0 heterocycles. The van der Waals surface area contributed by atoms with Crippen LogP contribution in [0.3, 0.4) is 0 Å². The molecule has 1 fully saturated rings. The third-order valence-electron chi connectivity index (χ3n) is 4.34. The number of rotatable bonds is 9. The van der Waals surface area contributed by atoms with Crippen LogP contribution in [0, 0.1) is 11.8 Å². The summed E-state index contributed by atoms with van der Waals surface area (Å²) in [6.07, 6.45) is 3.09. The van der Waals surface area contributed by atoms with Gasteiger partial charge < -0.3 is 20.5 Å². The summed E-state index contributed by atoms with van der Waals surface area (Å²) in [6.45, 7) is 4.96. The lowest BCUT2D eigenvalue weighted by Crippen LogP contribution is -2.29. The topological polar surface area (TPSA) is 73.6 Å². The van der Waals surface area contributed by atoms with Crippen LogP contribution < -0.4 is 11.1 Å². The molecule has 1 saturated carbocycles. The van der Waals surface area contributed by atoms with E-state index in [0.29, 0.717) is 38.9 Å². The first-order valence-corrected chi connectivity index (χ1v) is 8.50. The van der Waals surface area contributed by atoms with Crippen LogP contribution >= 0.6 is 0 Å². The van der Waals surface area contributed by atoms with Gasteiger partial charge in [0, 0.05) is 18.2 Å². The van der Waals surface area contributed by atoms with Gasteiger partial charge in [0.1, 0.15) is 0 Å². The number of nitrogens with one attached hydrogen (secondary N) is 1. The van der Waals surface area contributed by atoms with Gasteiger partial charge in [0.05, 0.1) is 19.8 Å². The number of hydrogen-bond donors (Lipinski definition) is 2. The Bertz CT molecular complexity index is 493. The molecular formula is C18H28N2O3. The molecule has 1 aromatic carbocycles. The molecule has 1 aromatic rings. The first kappa shape index (κ1) is 17.9. The van der Waals surface area contributed by atoms with E-state index in [1.54, 1.807) is 0 Å². The molecule has 1 aliphatic rings. The maximum absolute atomic E-state index is 12.4. The van der Waals surface area contributed by atoms with Crippen molar-refractivity contribution in [1.82, 2.24) is 0 Å². The third kappa shape index (κ3) is 5.61. The molecule has 5 heteroatoms. The average Bonchev–Trinajstić information content (AvgIpc) is 3.04. The fourth-order valence-corrected chi connectivity index (χ4v) is 3.09. The Morgan fingerprint density at radius 2 is 2.13 bits per heavy atom. The number of hydrogen-bond acceptors (Lipinski definition) is 4. The van der Waals surface area contributed by atoms with Gasteiger partial charge in [-0.25, -0.2) is 0 Å². The number of nitrogens with two attached hydrogens (primary N) is 1. The van der Waals surface area contributed by atoms with Gasteiger partial charge >= 0.3 is 0 Å². The van der Waals surface area contributed by atoms with E-state index in [1.807, 2.05) is 31.2 Å². The molecule has 1 amide bonds. The van der Waals surface area contributed by atoms with E-state index in [-0.39, 0.29) is 11.8 Å². The van der Waals surface area contributed by atoms with E-state index in [0.717, 1.165) is 30.5 Å². The number of carbonyl (C=O) groups is 1. The second kappa shape index (κ2) is 9.65. The van der Waals surface area contributed by atoms with Crippen molar-refractivity contribution in [3.8, 4) is 0 Å². The molecular weight excluding hydrogens is 292 g/mol. The maximum atomic E-state index is 12.4. The van der Waals surface area contributed by atoms with Crippen molar-refractivity contribution in [2.45, 2.75) is 32.8 Å². The van der Waals surface area contributed by atoms with Crippen LogP contribution in [0.4, 0.5) is 5.69 Å².